The van der Waals surface area contributed by atoms with E-state index in [-0.39, 0.29) is 0 Å². The minimum atomic E-state index is 1.17. The molecule has 0 aliphatic carbocycles. The molecule has 0 spiro atoms. The number of benzene rings is 2. The van der Waals surface area contributed by atoms with Gasteiger partial charge in [-0.2, -0.15) is 0 Å². The standard InChI is InChI=1S/C16H13N/c1-2-17-15-9-5-3-7-13(15)11-12-14-8-4-6-10-16(14)17/h2-12H,1H2. The van der Waals surface area contributed by atoms with E-state index in [4.69, 9.17) is 0 Å². The van der Waals surface area contributed by atoms with Gasteiger partial charge in [0.2, 0.25) is 0 Å². The summed E-state index contributed by atoms with van der Waals surface area (Å²) in [7, 11) is 0. The zero-order valence-corrected chi connectivity index (χ0v) is 9.51. The fourth-order valence-electron chi connectivity index (χ4n) is 2.20. The molecule has 17 heavy (non-hydrogen) atoms. The molecule has 0 N–H and O–H groups in total. The predicted octanol–water partition coefficient (Wildman–Crippen LogP) is 4.45. The number of hydrogen-bond acceptors (Lipinski definition) is 1. The molecule has 1 heterocycles. The van der Waals surface area contributed by atoms with Gasteiger partial charge in [-0.3, -0.25) is 0 Å². The van der Waals surface area contributed by atoms with Crippen molar-refractivity contribution in [1.29, 1.82) is 0 Å². The van der Waals surface area contributed by atoms with Crippen LogP contribution in [0.1, 0.15) is 11.1 Å². The Bertz CT molecular complexity index is 546. The van der Waals surface area contributed by atoms with Gasteiger partial charge in [0.15, 0.2) is 0 Å². The van der Waals surface area contributed by atoms with Crippen molar-refractivity contribution in [3.63, 3.8) is 0 Å². The summed E-state index contributed by atoms with van der Waals surface area (Å²) in [5, 5.41) is 0. The normalized spacial score (nSPS) is 12.6. The van der Waals surface area contributed by atoms with Crippen LogP contribution in [-0.4, -0.2) is 0 Å². The molecule has 2 aromatic carbocycles. The van der Waals surface area contributed by atoms with E-state index < -0.39 is 0 Å². The molecule has 3 rings (SSSR count). The first-order valence-electron chi connectivity index (χ1n) is 5.68. The van der Waals surface area contributed by atoms with E-state index in [0.29, 0.717) is 0 Å². The molecular weight excluding hydrogens is 206 g/mol. The van der Waals surface area contributed by atoms with E-state index in [9.17, 15) is 0 Å². The lowest BCUT2D eigenvalue weighted by Crippen LogP contribution is -2.09. The first kappa shape index (κ1) is 9.91. The molecule has 0 saturated heterocycles. The van der Waals surface area contributed by atoms with E-state index in [2.05, 4.69) is 72.2 Å². The Kier molecular flexibility index (Phi) is 2.30. The maximum atomic E-state index is 3.92. The Balaban J connectivity index is 2.29. The van der Waals surface area contributed by atoms with Gasteiger partial charge >= 0.3 is 0 Å². The van der Waals surface area contributed by atoms with Crippen molar-refractivity contribution in [2.24, 2.45) is 0 Å². The fraction of sp³-hybridized carbons (Fsp3) is 0. The van der Waals surface area contributed by atoms with E-state index in [1.54, 1.807) is 0 Å². The monoisotopic (exact) mass is 219 g/mol. The summed E-state index contributed by atoms with van der Waals surface area (Å²) in [5.41, 5.74) is 4.76. The zero-order chi connectivity index (χ0) is 11.7. The third-order valence-corrected chi connectivity index (χ3v) is 3.02. The van der Waals surface area contributed by atoms with Gasteiger partial charge in [-0.25, -0.2) is 0 Å². The Hall–Kier alpha value is -2.28. The van der Waals surface area contributed by atoms with Crippen molar-refractivity contribution in [2.75, 3.05) is 4.90 Å². The van der Waals surface area contributed by atoms with E-state index in [1.807, 2.05) is 6.20 Å². The maximum Gasteiger partial charge on any atom is 0.0527 e. The number of fused-ring (bicyclic) bond motifs is 2. The number of nitrogens with zero attached hydrogens (tertiary/aromatic N) is 1. The number of para-hydroxylation sites is 2. The van der Waals surface area contributed by atoms with Gasteiger partial charge in [0, 0.05) is 6.20 Å². The highest BCUT2D eigenvalue weighted by Gasteiger charge is 2.14. The van der Waals surface area contributed by atoms with Crippen molar-refractivity contribution in [2.45, 2.75) is 0 Å². The molecule has 1 nitrogen and oxygen atoms in total. The largest absolute Gasteiger partial charge is 0.317 e. The third kappa shape index (κ3) is 1.56. The van der Waals surface area contributed by atoms with E-state index in [0.717, 1.165) is 0 Å². The quantitative estimate of drug-likeness (QED) is 0.684. The van der Waals surface area contributed by atoms with Crippen LogP contribution in [0.25, 0.3) is 12.2 Å². The molecule has 0 amide bonds. The molecule has 0 saturated carbocycles. The fourth-order valence-corrected chi connectivity index (χ4v) is 2.20. The van der Waals surface area contributed by atoms with Crippen molar-refractivity contribution in [3.8, 4) is 0 Å². The highest BCUT2D eigenvalue weighted by molar-refractivity contribution is 5.89. The predicted molar refractivity (Wildman–Crippen MR) is 74.1 cm³/mol. The minimum absolute atomic E-state index is 1.17. The highest BCUT2D eigenvalue weighted by atomic mass is 15.1. The van der Waals surface area contributed by atoms with Gasteiger partial charge < -0.3 is 4.90 Å². The molecule has 1 aliphatic rings. The second-order valence-electron chi connectivity index (χ2n) is 4.00. The summed E-state index contributed by atoms with van der Waals surface area (Å²) in [5.74, 6) is 0. The van der Waals surface area contributed by atoms with Gasteiger partial charge in [-0.1, -0.05) is 55.1 Å². The van der Waals surface area contributed by atoms with Gasteiger partial charge in [-0.15, -0.1) is 0 Å². The summed E-state index contributed by atoms with van der Waals surface area (Å²) in [4.78, 5) is 2.13. The van der Waals surface area contributed by atoms with Gasteiger partial charge in [0.1, 0.15) is 0 Å². The topological polar surface area (TPSA) is 3.24 Å². The zero-order valence-electron chi connectivity index (χ0n) is 9.51. The molecule has 2 aromatic rings. The SMILES string of the molecule is C=CN1c2ccccc2C=Cc2ccccc21. The van der Waals surface area contributed by atoms with Gasteiger partial charge in [-0.05, 0) is 23.3 Å². The van der Waals surface area contributed by atoms with Gasteiger partial charge in [0.25, 0.3) is 0 Å². The molecule has 1 heteroatoms. The second kappa shape index (κ2) is 3.95. The molecular formula is C16H13N. The molecule has 82 valence electrons. The third-order valence-electron chi connectivity index (χ3n) is 3.02. The number of hydrogen-bond donors (Lipinski definition) is 0. The van der Waals surface area contributed by atoms with Crippen LogP contribution in [-0.2, 0) is 0 Å². The average Bonchev–Trinajstić information content (AvgIpc) is 2.55. The summed E-state index contributed by atoms with van der Waals surface area (Å²) in [6.45, 7) is 3.92. The van der Waals surface area contributed by atoms with Crippen molar-refractivity contribution < 1.29 is 0 Å². The van der Waals surface area contributed by atoms with E-state index in [1.165, 1.54) is 22.5 Å². The molecule has 0 radical (unpaired) electrons. The molecule has 0 fully saturated rings. The first-order valence-corrected chi connectivity index (χ1v) is 5.68. The van der Waals surface area contributed by atoms with Crippen LogP contribution in [0, 0.1) is 0 Å². The molecule has 0 atom stereocenters. The highest BCUT2D eigenvalue weighted by Crippen LogP contribution is 2.35. The average molecular weight is 219 g/mol. The van der Waals surface area contributed by atoms with Crippen LogP contribution >= 0.6 is 0 Å². The van der Waals surface area contributed by atoms with Crippen molar-refractivity contribution in [3.05, 3.63) is 72.4 Å². The Morgan fingerprint density at radius 2 is 1.24 bits per heavy atom. The molecule has 0 bridgehead atoms. The second-order valence-corrected chi connectivity index (χ2v) is 4.00. The number of rotatable bonds is 1. The van der Waals surface area contributed by atoms with Crippen LogP contribution in [0.3, 0.4) is 0 Å². The van der Waals surface area contributed by atoms with Crippen LogP contribution in [0.15, 0.2) is 61.3 Å². The van der Waals surface area contributed by atoms with Gasteiger partial charge in [0.05, 0.1) is 11.4 Å². The lowest BCUT2D eigenvalue weighted by atomic mass is 10.1. The van der Waals surface area contributed by atoms with Crippen molar-refractivity contribution in [1.82, 2.24) is 0 Å². The van der Waals surface area contributed by atoms with E-state index >= 15 is 0 Å². The Morgan fingerprint density at radius 1 is 0.765 bits per heavy atom. The van der Waals surface area contributed by atoms with Crippen LogP contribution in [0.4, 0.5) is 11.4 Å². The Morgan fingerprint density at radius 3 is 1.71 bits per heavy atom. The summed E-state index contributed by atoms with van der Waals surface area (Å²) < 4.78 is 0. The smallest absolute Gasteiger partial charge is 0.0527 e. The summed E-state index contributed by atoms with van der Waals surface area (Å²) in [6.07, 6.45) is 6.17. The summed E-state index contributed by atoms with van der Waals surface area (Å²) in [6, 6.07) is 16.7. The maximum absolute atomic E-state index is 3.92. The van der Waals surface area contributed by atoms with Crippen molar-refractivity contribution >= 4 is 23.5 Å². The van der Waals surface area contributed by atoms with Crippen LogP contribution in [0.2, 0.25) is 0 Å². The molecule has 0 aromatic heterocycles. The minimum Gasteiger partial charge on any atom is -0.317 e. The first-order chi connectivity index (χ1) is 8.40. The molecule has 0 unspecified atom stereocenters. The van der Waals surface area contributed by atoms with Crippen LogP contribution < -0.4 is 4.90 Å². The Labute approximate surface area is 101 Å². The lowest BCUT2D eigenvalue weighted by Gasteiger charge is -2.22. The number of anilines is 2. The lowest BCUT2D eigenvalue weighted by molar-refractivity contribution is 1.28. The summed E-state index contributed by atoms with van der Waals surface area (Å²) >= 11 is 0. The van der Waals surface area contributed by atoms with Crippen LogP contribution in [0.5, 0.6) is 0 Å². The molecule has 1 aliphatic heterocycles.